The molecule has 0 aliphatic heterocycles. The fourth-order valence-corrected chi connectivity index (χ4v) is 2.28. The minimum Gasteiger partial charge on any atom is -0.383 e. The number of hydrogen-bond acceptors (Lipinski definition) is 7. The molecule has 1 aromatic heterocycles. The summed E-state index contributed by atoms with van der Waals surface area (Å²) in [6.07, 6.45) is 0. The summed E-state index contributed by atoms with van der Waals surface area (Å²) in [5.74, 6) is 0.0525. The molecular formula is C11H7N5O3S. The number of nitro benzene ring substituents is 1. The van der Waals surface area contributed by atoms with Gasteiger partial charge in [0, 0.05) is 23.1 Å². The standard InChI is InChI=1S/C11H7N5O3S/c12-5-6-3-7(16(18)19)1-2-8(6)20-11-14-9(13)4-10(17)15-11/h1-4H,(H3,13,14,15,17). The SMILES string of the molecule is N#Cc1cc([N+](=O)[O-])ccc1Sc1nc(N)cc(=O)[nH]1. The van der Waals surface area contributed by atoms with Crippen molar-refractivity contribution in [1.29, 1.82) is 5.26 Å². The van der Waals surface area contributed by atoms with Gasteiger partial charge in [0.25, 0.3) is 11.2 Å². The smallest absolute Gasteiger partial charge is 0.270 e. The molecule has 100 valence electrons. The van der Waals surface area contributed by atoms with Crippen molar-refractivity contribution < 1.29 is 4.92 Å². The number of nitrogens with two attached hydrogens (primary N) is 1. The zero-order valence-corrected chi connectivity index (χ0v) is 10.7. The Morgan fingerprint density at radius 2 is 2.20 bits per heavy atom. The number of H-pyrrole nitrogens is 1. The van der Waals surface area contributed by atoms with Gasteiger partial charge in [-0.25, -0.2) is 4.98 Å². The highest BCUT2D eigenvalue weighted by atomic mass is 32.2. The Hall–Kier alpha value is -2.86. The summed E-state index contributed by atoms with van der Waals surface area (Å²) >= 11 is 0.996. The first-order valence-electron chi connectivity index (χ1n) is 5.23. The van der Waals surface area contributed by atoms with Crippen molar-refractivity contribution in [2.45, 2.75) is 10.1 Å². The van der Waals surface area contributed by atoms with Gasteiger partial charge in [0.15, 0.2) is 5.16 Å². The van der Waals surface area contributed by atoms with Gasteiger partial charge >= 0.3 is 0 Å². The molecule has 8 nitrogen and oxygen atoms in total. The molecule has 0 atom stereocenters. The Morgan fingerprint density at radius 1 is 1.45 bits per heavy atom. The molecule has 0 bridgehead atoms. The molecule has 0 aliphatic rings. The molecule has 3 N–H and O–H groups in total. The predicted molar refractivity (Wildman–Crippen MR) is 71.2 cm³/mol. The number of nitriles is 1. The molecule has 1 heterocycles. The molecule has 0 saturated carbocycles. The van der Waals surface area contributed by atoms with Crippen molar-refractivity contribution in [3.8, 4) is 6.07 Å². The first-order chi connectivity index (χ1) is 9.49. The van der Waals surface area contributed by atoms with Crippen LogP contribution in [0.3, 0.4) is 0 Å². The van der Waals surface area contributed by atoms with Gasteiger partial charge in [0.1, 0.15) is 11.9 Å². The van der Waals surface area contributed by atoms with Gasteiger partial charge in [-0.1, -0.05) is 11.8 Å². The number of nitrogen functional groups attached to an aromatic ring is 1. The van der Waals surface area contributed by atoms with Crippen LogP contribution in [0.4, 0.5) is 11.5 Å². The van der Waals surface area contributed by atoms with Crippen molar-refractivity contribution in [3.63, 3.8) is 0 Å². The van der Waals surface area contributed by atoms with Crippen LogP contribution in [0, 0.1) is 21.4 Å². The number of nitrogens with one attached hydrogen (secondary N) is 1. The zero-order chi connectivity index (χ0) is 14.7. The van der Waals surface area contributed by atoms with E-state index in [9.17, 15) is 14.9 Å². The second kappa shape index (κ2) is 5.41. The minimum absolute atomic E-state index is 0.0525. The maximum atomic E-state index is 11.3. The van der Waals surface area contributed by atoms with Gasteiger partial charge in [0.2, 0.25) is 0 Å². The molecule has 1 aromatic carbocycles. The first kappa shape index (κ1) is 13.6. The summed E-state index contributed by atoms with van der Waals surface area (Å²) in [7, 11) is 0. The van der Waals surface area contributed by atoms with Crippen molar-refractivity contribution in [2.75, 3.05) is 5.73 Å². The number of aromatic amines is 1. The number of anilines is 1. The summed E-state index contributed by atoms with van der Waals surface area (Å²) in [5, 5.41) is 19.9. The molecule has 0 amide bonds. The van der Waals surface area contributed by atoms with Gasteiger partial charge in [0.05, 0.1) is 10.5 Å². The average Bonchev–Trinajstić information content (AvgIpc) is 2.37. The van der Waals surface area contributed by atoms with E-state index in [-0.39, 0.29) is 22.2 Å². The molecule has 2 rings (SSSR count). The summed E-state index contributed by atoms with van der Waals surface area (Å²) in [4.78, 5) is 28.1. The van der Waals surface area contributed by atoms with E-state index in [0.717, 1.165) is 23.9 Å². The van der Waals surface area contributed by atoms with Crippen LogP contribution in [-0.4, -0.2) is 14.9 Å². The number of hydrogen-bond donors (Lipinski definition) is 2. The Labute approximate surface area is 116 Å². The maximum absolute atomic E-state index is 11.3. The van der Waals surface area contributed by atoms with Crippen LogP contribution in [0.15, 0.2) is 39.1 Å². The lowest BCUT2D eigenvalue weighted by Crippen LogP contribution is -2.09. The molecule has 20 heavy (non-hydrogen) atoms. The van der Waals surface area contributed by atoms with E-state index in [1.54, 1.807) is 0 Å². The molecule has 0 saturated heterocycles. The number of non-ortho nitro benzene ring substituents is 1. The minimum atomic E-state index is -0.587. The van der Waals surface area contributed by atoms with Crippen molar-refractivity contribution >= 4 is 23.3 Å². The van der Waals surface area contributed by atoms with Crippen molar-refractivity contribution in [3.05, 3.63) is 50.3 Å². The van der Waals surface area contributed by atoms with E-state index in [1.165, 1.54) is 12.1 Å². The Balaban J connectivity index is 2.41. The molecule has 0 unspecified atom stereocenters. The van der Waals surface area contributed by atoms with Gasteiger partial charge in [-0.2, -0.15) is 5.26 Å². The van der Waals surface area contributed by atoms with Crippen LogP contribution in [0.2, 0.25) is 0 Å². The lowest BCUT2D eigenvalue weighted by Gasteiger charge is -2.03. The molecule has 0 aliphatic carbocycles. The van der Waals surface area contributed by atoms with Crippen LogP contribution in [0.5, 0.6) is 0 Å². The van der Waals surface area contributed by atoms with Gasteiger partial charge in [-0.15, -0.1) is 0 Å². The fraction of sp³-hybridized carbons (Fsp3) is 0. The van der Waals surface area contributed by atoms with Gasteiger partial charge in [-0.05, 0) is 6.07 Å². The van der Waals surface area contributed by atoms with Crippen molar-refractivity contribution in [1.82, 2.24) is 9.97 Å². The molecule has 0 radical (unpaired) electrons. The highest BCUT2D eigenvalue weighted by molar-refractivity contribution is 7.99. The number of aromatic nitrogens is 2. The van der Waals surface area contributed by atoms with E-state index >= 15 is 0 Å². The van der Waals surface area contributed by atoms with Crippen LogP contribution in [0.25, 0.3) is 0 Å². The van der Waals surface area contributed by atoms with Gasteiger partial charge in [-0.3, -0.25) is 14.9 Å². The first-order valence-corrected chi connectivity index (χ1v) is 6.04. The second-order valence-corrected chi connectivity index (χ2v) is 4.66. The molecule has 2 aromatic rings. The van der Waals surface area contributed by atoms with Crippen LogP contribution >= 0.6 is 11.8 Å². The number of nitrogens with zero attached hydrogens (tertiary/aromatic N) is 3. The fourth-order valence-electron chi connectivity index (χ4n) is 1.41. The van der Waals surface area contributed by atoms with Crippen LogP contribution in [-0.2, 0) is 0 Å². The molecular weight excluding hydrogens is 282 g/mol. The zero-order valence-electron chi connectivity index (χ0n) is 9.86. The van der Waals surface area contributed by atoms with E-state index < -0.39 is 10.5 Å². The quantitative estimate of drug-likeness (QED) is 0.493. The van der Waals surface area contributed by atoms with E-state index in [1.807, 2.05) is 6.07 Å². The van der Waals surface area contributed by atoms with Crippen molar-refractivity contribution in [2.24, 2.45) is 0 Å². The molecule has 0 spiro atoms. The highest BCUT2D eigenvalue weighted by Crippen LogP contribution is 2.29. The third kappa shape index (κ3) is 2.93. The highest BCUT2D eigenvalue weighted by Gasteiger charge is 2.12. The lowest BCUT2D eigenvalue weighted by molar-refractivity contribution is -0.384. The van der Waals surface area contributed by atoms with E-state index in [2.05, 4.69) is 9.97 Å². The number of nitro groups is 1. The lowest BCUT2D eigenvalue weighted by atomic mass is 10.2. The van der Waals surface area contributed by atoms with Crippen LogP contribution < -0.4 is 11.3 Å². The Bertz CT molecular complexity index is 780. The monoisotopic (exact) mass is 289 g/mol. The summed E-state index contributed by atoms with van der Waals surface area (Å²) in [5.41, 5.74) is 4.97. The third-order valence-corrected chi connectivity index (χ3v) is 3.20. The average molecular weight is 289 g/mol. The number of benzene rings is 1. The number of rotatable bonds is 3. The van der Waals surface area contributed by atoms with Gasteiger partial charge < -0.3 is 10.7 Å². The Morgan fingerprint density at radius 3 is 2.80 bits per heavy atom. The van der Waals surface area contributed by atoms with E-state index in [0.29, 0.717) is 4.90 Å². The maximum Gasteiger partial charge on any atom is 0.270 e. The second-order valence-electron chi connectivity index (χ2n) is 3.63. The molecule has 0 fully saturated rings. The summed E-state index contributed by atoms with van der Waals surface area (Å²) in [6, 6.07) is 6.85. The third-order valence-electron chi connectivity index (χ3n) is 2.24. The Kier molecular flexibility index (Phi) is 3.67. The predicted octanol–water partition coefficient (Wildman–Crippen LogP) is 1.28. The normalized spacial score (nSPS) is 9.95. The molecule has 9 heteroatoms. The summed E-state index contributed by atoms with van der Waals surface area (Å²) in [6.45, 7) is 0. The van der Waals surface area contributed by atoms with Crippen LogP contribution in [0.1, 0.15) is 5.56 Å². The topological polar surface area (TPSA) is 139 Å². The van der Waals surface area contributed by atoms with E-state index in [4.69, 9.17) is 11.0 Å². The largest absolute Gasteiger partial charge is 0.383 e. The summed E-state index contributed by atoms with van der Waals surface area (Å²) < 4.78 is 0.